The number of rotatable bonds is 37. The molecule has 0 aliphatic rings. The summed E-state index contributed by atoms with van der Waals surface area (Å²) in [5, 5.41) is 13.2. The Bertz CT molecular complexity index is 763. The van der Waals surface area contributed by atoms with E-state index in [1.807, 2.05) is 21.1 Å². The van der Waals surface area contributed by atoms with Crippen molar-refractivity contribution in [3.63, 3.8) is 0 Å². The van der Waals surface area contributed by atoms with Crippen LogP contribution >= 0.6 is 7.82 Å². The second-order valence-electron chi connectivity index (χ2n) is 15.4. The highest BCUT2D eigenvalue weighted by atomic mass is 31.2. The quantitative estimate of drug-likeness (QED) is 0.0379. The van der Waals surface area contributed by atoms with Gasteiger partial charge in [0.1, 0.15) is 13.2 Å². The summed E-state index contributed by atoms with van der Waals surface area (Å²) in [5.74, 6) is -0.338. The van der Waals surface area contributed by atoms with Gasteiger partial charge in [-0.05, 0) is 6.42 Å². The number of likely N-dealkylation sites (N-methyl/N-ethyl adjacent to an activating group) is 1. The molecule has 0 aliphatic heterocycles. The Hall–Kier alpha value is -0.500. The summed E-state index contributed by atoms with van der Waals surface area (Å²) in [5.41, 5.74) is 0. The number of nitrogens with zero attached hydrogens (tertiary/aromatic N) is 1. The van der Waals surface area contributed by atoms with Crippen molar-refractivity contribution in [1.82, 2.24) is 5.32 Å². The van der Waals surface area contributed by atoms with Crippen molar-refractivity contribution in [3.8, 4) is 0 Å². The number of aliphatic hydroxyl groups excluding tert-OH is 1. The van der Waals surface area contributed by atoms with E-state index >= 15 is 0 Å². The highest BCUT2D eigenvalue weighted by Crippen LogP contribution is 2.38. The third kappa shape index (κ3) is 35.3. The van der Waals surface area contributed by atoms with Gasteiger partial charge in [0.2, 0.25) is 5.91 Å². The zero-order valence-corrected chi connectivity index (χ0v) is 33.4. The molecule has 0 aromatic carbocycles. The zero-order chi connectivity index (χ0) is 35.8. The van der Waals surface area contributed by atoms with Gasteiger partial charge >= 0.3 is 0 Å². The van der Waals surface area contributed by atoms with E-state index in [1.165, 1.54) is 161 Å². The number of aliphatic hydroxyl groups is 1. The van der Waals surface area contributed by atoms with Gasteiger partial charge in [0.15, 0.2) is 0 Å². The summed E-state index contributed by atoms with van der Waals surface area (Å²) in [4.78, 5) is 23.7. The van der Waals surface area contributed by atoms with Crippen molar-refractivity contribution in [2.75, 3.05) is 40.9 Å². The van der Waals surface area contributed by atoms with Crippen LogP contribution in [0.15, 0.2) is 0 Å². The predicted molar refractivity (Wildman–Crippen MR) is 201 cm³/mol. The Morgan fingerprint density at radius 3 is 1.29 bits per heavy atom. The predicted octanol–water partition coefficient (Wildman–Crippen LogP) is 10.0. The van der Waals surface area contributed by atoms with E-state index in [1.54, 1.807) is 0 Å². The largest absolute Gasteiger partial charge is 0.756 e. The minimum absolute atomic E-state index is 0.0112. The maximum Gasteiger partial charge on any atom is 0.268 e. The molecule has 0 saturated heterocycles. The van der Waals surface area contributed by atoms with Crippen LogP contribution in [-0.4, -0.2) is 68.5 Å². The van der Waals surface area contributed by atoms with E-state index in [4.69, 9.17) is 9.05 Å². The van der Waals surface area contributed by atoms with Gasteiger partial charge in [-0.3, -0.25) is 9.36 Å². The molecule has 0 aromatic rings. The van der Waals surface area contributed by atoms with E-state index < -0.39 is 20.0 Å². The van der Waals surface area contributed by atoms with Gasteiger partial charge in [-0.25, -0.2) is 0 Å². The van der Waals surface area contributed by atoms with Crippen LogP contribution in [0.2, 0.25) is 0 Å². The molecule has 3 atom stereocenters. The Kier molecular flexibility index (Phi) is 32.1. The first-order valence-corrected chi connectivity index (χ1v) is 21.8. The number of carbonyl (C=O) groups is 1. The SMILES string of the molecule is CCCCCCCCCCCCCCCCCCCCCCCCCCCCCC(O)C(COP(=O)([O-])OCC[N+](C)(C)C)NC(C)=O. The van der Waals surface area contributed by atoms with Crippen LogP contribution in [0.3, 0.4) is 0 Å². The van der Waals surface area contributed by atoms with Crippen molar-refractivity contribution in [2.45, 2.75) is 206 Å². The standard InChI is InChI=1S/C39H81N2O6P/c1-6-7-8-9-10-11-12-13-14-15-16-17-18-19-20-21-22-23-24-25-26-27-28-29-30-31-32-33-39(43)38(40-37(2)42)36-47-48(44,45)46-35-34-41(3,4)5/h38-39,43H,6-36H2,1-5H3,(H-,40,42,44,45). The first kappa shape index (κ1) is 47.5. The van der Waals surface area contributed by atoms with E-state index in [0.717, 1.165) is 19.3 Å². The average molecular weight is 705 g/mol. The second kappa shape index (κ2) is 32.4. The maximum atomic E-state index is 12.1. The third-order valence-electron chi connectivity index (χ3n) is 9.38. The Morgan fingerprint density at radius 1 is 0.646 bits per heavy atom. The van der Waals surface area contributed by atoms with Gasteiger partial charge < -0.3 is 28.8 Å². The molecule has 0 saturated carbocycles. The molecule has 1 amide bonds. The van der Waals surface area contributed by atoms with Crippen molar-refractivity contribution in [3.05, 3.63) is 0 Å². The van der Waals surface area contributed by atoms with Crippen LogP contribution < -0.4 is 10.2 Å². The van der Waals surface area contributed by atoms with Crippen LogP contribution in [0.25, 0.3) is 0 Å². The lowest BCUT2D eigenvalue weighted by Crippen LogP contribution is -2.45. The molecule has 0 fully saturated rings. The molecule has 9 heteroatoms. The maximum absolute atomic E-state index is 12.1. The molecule has 288 valence electrons. The van der Waals surface area contributed by atoms with Gasteiger partial charge in [-0.2, -0.15) is 0 Å². The van der Waals surface area contributed by atoms with Crippen LogP contribution in [0.4, 0.5) is 0 Å². The zero-order valence-electron chi connectivity index (χ0n) is 32.5. The molecular weight excluding hydrogens is 623 g/mol. The van der Waals surface area contributed by atoms with Crippen LogP contribution in [0.1, 0.15) is 194 Å². The second-order valence-corrected chi connectivity index (χ2v) is 16.9. The molecule has 48 heavy (non-hydrogen) atoms. The molecule has 2 N–H and O–H groups in total. The van der Waals surface area contributed by atoms with Gasteiger partial charge in [0, 0.05) is 6.92 Å². The van der Waals surface area contributed by atoms with Crippen molar-refractivity contribution in [1.29, 1.82) is 0 Å². The average Bonchev–Trinajstić information content (AvgIpc) is 3.01. The summed E-state index contributed by atoms with van der Waals surface area (Å²) in [6, 6.07) is -0.796. The summed E-state index contributed by atoms with van der Waals surface area (Å²) in [6.07, 6.45) is 36.2. The monoisotopic (exact) mass is 705 g/mol. The number of hydrogen-bond donors (Lipinski definition) is 2. The number of hydrogen-bond acceptors (Lipinski definition) is 6. The van der Waals surface area contributed by atoms with Crippen molar-refractivity contribution >= 4 is 13.7 Å². The number of phosphoric acid groups is 1. The molecule has 0 spiro atoms. The number of quaternary nitrogens is 1. The highest BCUT2D eigenvalue weighted by Gasteiger charge is 2.23. The molecule has 0 rings (SSSR count). The van der Waals surface area contributed by atoms with Crippen molar-refractivity contribution < 1.29 is 32.9 Å². The number of unbranched alkanes of at least 4 members (excludes halogenated alkanes) is 26. The number of nitrogens with one attached hydrogen (secondary N) is 1. The van der Waals surface area contributed by atoms with Gasteiger partial charge in [0.05, 0.1) is 39.9 Å². The lowest BCUT2D eigenvalue weighted by atomic mass is 10.0. The lowest BCUT2D eigenvalue weighted by molar-refractivity contribution is -0.870. The summed E-state index contributed by atoms with van der Waals surface area (Å²) in [6.45, 7) is 3.81. The lowest BCUT2D eigenvalue weighted by Gasteiger charge is -2.29. The molecule has 3 unspecified atom stereocenters. The fourth-order valence-corrected chi connectivity index (χ4v) is 6.92. The minimum atomic E-state index is -4.51. The van der Waals surface area contributed by atoms with Crippen LogP contribution in [-0.2, 0) is 18.4 Å². The third-order valence-corrected chi connectivity index (χ3v) is 10.3. The van der Waals surface area contributed by atoms with Crippen LogP contribution in [0.5, 0.6) is 0 Å². The van der Waals surface area contributed by atoms with E-state index in [-0.39, 0.29) is 19.1 Å². The number of carbonyl (C=O) groups excluding carboxylic acids is 1. The fourth-order valence-electron chi connectivity index (χ4n) is 6.19. The van der Waals surface area contributed by atoms with E-state index in [2.05, 4.69) is 12.2 Å². The fraction of sp³-hybridized carbons (Fsp3) is 0.974. The Labute approximate surface area is 298 Å². The summed E-state index contributed by atoms with van der Waals surface area (Å²) in [7, 11) is 1.30. The molecule has 8 nitrogen and oxygen atoms in total. The smallest absolute Gasteiger partial charge is 0.268 e. The molecular formula is C39H81N2O6P. The molecule has 0 aliphatic carbocycles. The molecule has 0 radical (unpaired) electrons. The number of phosphoric ester groups is 1. The first-order chi connectivity index (χ1) is 23.0. The van der Waals surface area contributed by atoms with Gasteiger partial charge in [-0.15, -0.1) is 0 Å². The minimum Gasteiger partial charge on any atom is -0.756 e. The topological polar surface area (TPSA) is 108 Å². The van der Waals surface area contributed by atoms with Gasteiger partial charge in [0.25, 0.3) is 7.82 Å². The highest BCUT2D eigenvalue weighted by molar-refractivity contribution is 7.45. The molecule has 0 bridgehead atoms. The molecule has 0 heterocycles. The van der Waals surface area contributed by atoms with Crippen molar-refractivity contribution in [2.24, 2.45) is 0 Å². The van der Waals surface area contributed by atoms with Gasteiger partial charge in [-0.1, -0.05) is 180 Å². The Morgan fingerprint density at radius 2 is 0.979 bits per heavy atom. The normalized spacial score (nSPS) is 14.6. The Balaban J connectivity index is 3.58. The van der Waals surface area contributed by atoms with E-state index in [0.29, 0.717) is 17.4 Å². The first-order valence-electron chi connectivity index (χ1n) is 20.3. The summed E-state index contributed by atoms with van der Waals surface area (Å²) < 4.78 is 22.6. The van der Waals surface area contributed by atoms with Crippen LogP contribution in [0, 0.1) is 0 Å². The summed E-state index contributed by atoms with van der Waals surface area (Å²) >= 11 is 0. The van der Waals surface area contributed by atoms with E-state index in [9.17, 15) is 19.4 Å². The molecule has 0 aromatic heterocycles. The number of amides is 1.